The number of carbonyl (C=O) groups is 1. The molecule has 0 saturated heterocycles. The monoisotopic (exact) mass is 331 g/mol. The van der Waals surface area contributed by atoms with E-state index in [-0.39, 0.29) is 6.10 Å². The van der Waals surface area contributed by atoms with Crippen LogP contribution in [-0.2, 0) is 4.74 Å². The molecule has 0 spiro atoms. The zero-order chi connectivity index (χ0) is 17.7. The molecule has 1 heterocycles. The number of pyridine rings is 1. The van der Waals surface area contributed by atoms with Crippen molar-refractivity contribution in [1.82, 2.24) is 4.98 Å². The number of allylic oxidation sites excluding steroid dienone is 2. The van der Waals surface area contributed by atoms with Gasteiger partial charge in [-0.05, 0) is 52.2 Å². The Morgan fingerprint density at radius 1 is 1.38 bits per heavy atom. The summed E-state index contributed by atoms with van der Waals surface area (Å²) in [6.07, 6.45) is 9.21. The van der Waals surface area contributed by atoms with E-state index in [1.54, 1.807) is 39.1 Å². The lowest BCUT2D eigenvalue weighted by molar-refractivity contribution is 0.0580. The zero-order valence-corrected chi connectivity index (χ0v) is 14.7. The fraction of sp³-hybridized carbons (Fsp3) is 0.444. The van der Waals surface area contributed by atoms with Crippen LogP contribution in [0.25, 0.3) is 0 Å². The van der Waals surface area contributed by atoms with Crippen molar-refractivity contribution in [3.63, 3.8) is 0 Å². The first-order chi connectivity index (χ1) is 11.3. The highest BCUT2D eigenvalue weighted by Crippen LogP contribution is 2.22. The second-order valence-electron chi connectivity index (χ2n) is 6.65. The number of hydrazine groups is 1. The number of ether oxygens (including phenoxy) is 2. The van der Waals surface area contributed by atoms with Gasteiger partial charge in [-0.2, -0.15) is 0 Å². The number of anilines is 1. The molecule has 6 heteroatoms. The molecule has 0 aliphatic heterocycles. The molecule has 130 valence electrons. The van der Waals surface area contributed by atoms with Crippen LogP contribution in [0.5, 0.6) is 5.88 Å². The van der Waals surface area contributed by atoms with Crippen molar-refractivity contribution in [1.29, 1.82) is 0 Å². The largest absolute Gasteiger partial charge is 0.470 e. The van der Waals surface area contributed by atoms with E-state index in [0.29, 0.717) is 11.6 Å². The molecule has 0 saturated carbocycles. The maximum Gasteiger partial charge on any atom is 0.429 e. The Hall–Kier alpha value is -2.34. The molecule has 2 rings (SSSR count). The van der Waals surface area contributed by atoms with Gasteiger partial charge in [0.25, 0.3) is 0 Å². The summed E-state index contributed by atoms with van der Waals surface area (Å²) in [6.45, 7) is 7.32. The van der Waals surface area contributed by atoms with E-state index >= 15 is 0 Å². The lowest BCUT2D eigenvalue weighted by Crippen LogP contribution is -2.41. The molecule has 1 atom stereocenters. The minimum Gasteiger partial charge on any atom is -0.470 e. The number of aromatic nitrogens is 1. The summed E-state index contributed by atoms with van der Waals surface area (Å²) < 4.78 is 11.1. The van der Waals surface area contributed by atoms with Crippen molar-refractivity contribution in [3.05, 3.63) is 42.1 Å². The first-order valence-electron chi connectivity index (χ1n) is 8.03. The summed E-state index contributed by atoms with van der Waals surface area (Å²) in [7, 11) is 0. The maximum atomic E-state index is 12.0. The smallest absolute Gasteiger partial charge is 0.429 e. The average Bonchev–Trinajstić information content (AvgIpc) is 2.53. The van der Waals surface area contributed by atoms with Gasteiger partial charge in [0, 0.05) is 12.3 Å². The van der Waals surface area contributed by atoms with E-state index in [9.17, 15) is 4.79 Å². The standard InChI is InChI=1S/C18H25N3O3/c1-13(14-8-6-5-7-9-14)23-16-12-15(10-11-20-16)21(19)17(22)24-18(2,3)4/h6,8-13H,5,7,19H2,1-4H3. The van der Waals surface area contributed by atoms with Crippen LogP contribution in [0.4, 0.5) is 10.5 Å². The van der Waals surface area contributed by atoms with Crippen LogP contribution in [0.15, 0.2) is 42.1 Å². The van der Waals surface area contributed by atoms with Crippen molar-refractivity contribution in [2.75, 3.05) is 5.01 Å². The third kappa shape index (κ3) is 5.09. The van der Waals surface area contributed by atoms with E-state index < -0.39 is 11.7 Å². The highest BCUT2D eigenvalue weighted by molar-refractivity contribution is 5.86. The normalized spacial score (nSPS) is 15.5. The lowest BCUT2D eigenvalue weighted by Gasteiger charge is -2.24. The summed E-state index contributed by atoms with van der Waals surface area (Å²) >= 11 is 0. The van der Waals surface area contributed by atoms with E-state index in [2.05, 4.69) is 23.2 Å². The fourth-order valence-corrected chi connectivity index (χ4v) is 2.21. The summed E-state index contributed by atoms with van der Waals surface area (Å²) in [5, 5.41) is 0.949. The molecule has 1 aliphatic rings. The van der Waals surface area contributed by atoms with Gasteiger partial charge in [-0.3, -0.25) is 0 Å². The van der Waals surface area contributed by atoms with Crippen molar-refractivity contribution in [2.24, 2.45) is 5.84 Å². The Kier molecular flexibility index (Phi) is 5.62. The SMILES string of the molecule is CC(Oc1cc(N(N)C(=O)OC(C)(C)C)ccn1)C1=CCCC=C1. The molecular formula is C18H25N3O3. The molecule has 0 bridgehead atoms. The van der Waals surface area contributed by atoms with Crippen LogP contribution >= 0.6 is 0 Å². The van der Waals surface area contributed by atoms with Crippen molar-refractivity contribution in [2.45, 2.75) is 52.2 Å². The molecule has 6 nitrogen and oxygen atoms in total. The second-order valence-corrected chi connectivity index (χ2v) is 6.65. The summed E-state index contributed by atoms with van der Waals surface area (Å²) in [4.78, 5) is 16.2. The number of hydrogen-bond donors (Lipinski definition) is 1. The van der Waals surface area contributed by atoms with Gasteiger partial charge in [-0.15, -0.1) is 0 Å². The molecule has 1 aromatic rings. The predicted molar refractivity (Wildman–Crippen MR) is 93.7 cm³/mol. The van der Waals surface area contributed by atoms with Crippen LogP contribution in [0, 0.1) is 0 Å². The lowest BCUT2D eigenvalue weighted by atomic mass is 10.0. The molecule has 1 unspecified atom stereocenters. The number of carbonyl (C=O) groups excluding carboxylic acids is 1. The fourth-order valence-electron chi connectivity index (χ4n) is 2.21. The Morgan fingerprint density at radius 2 is 2.12 bits per heavy atom. The first-order valence-corrected chi connectivity index (χ1v) is 8.03. The van der Waals surface area contributed by atoms with Gasteiger partial charge in [0.1, 0.15) is 11.7 Å². The summed E-state index contributed by atoms with van der Waals surface area (Å²) in [6, 6.07) is 3.24. The van der Waals surface area contributed by atoms with Gasteiger partial charge in [0.05, 0.1) is 5.69 Å². The minimum atomic E-state index is -0.634. The molecule has 2 N–H and O–H groups in total. The summed E-state index contributed by atoms with van der Waals surface area (Å²) in [5.41, 5.74) is 0.954. The van der Waals surface area contributed by atoms with Gasteiger partial charge < -0.3 is 9.47 Å². The number of hydrogen-bond acceptors (Lipinski definition) is 5. The molecule has 0 fully saturated rings. The van der Waals surface area contributed by atoms with E-state index in [0.717, 1.165) is 23.4 Å². The first kappa shape index (κ1) is 18.0. The number of nitrogens with zero attached hydrogens (tertiary/aromatic N) is 2. The number of amides is 1. The Balaban J connectivity index is 2.06. The maximum absolute atomic E-state index is 12.0. The van der Waals surface area contributed by atoms with Crippen molar-refractivity contribution >= 4 is 11.8 Å². The van der Waals surface area contributed by atoms with Crippen LogP contribution in [0.2, 0.25) is 0 Å². The van der Waals surface area contributed by atoms with Gasteiger partial charge in [0.2, 0.25) is 5.88 Å². The van der Waals surface area contributed by atoms with Crippen LogP contribution in [0.3, 0.4) is 0 Å². The molecular weight excluding hydrogens is 306 g/mol. The van der Waals surface area contributed by atoms with Crippen LogP contribution < -0.4 is 15.6 Å². The summed E-state index contributed by atoms with van der Waals surface area (Å²) in [5.74, 6) is 6.24. The van der Waals surface area contributed by atoms with Crippen molar-refractivity contribution in [3.8, 4) is 5.88 Å². The quantitative estimate of drug-likeness (QED) is 0.516. The molecule has 1 aliphatic carbocycles. The van der Waals surface area contributed by atoms with Crippen LogP contribution in [-0.4, -0.2) is 22.8 Å². The molecule has 0 radical (unpaired) electrons. The molecule has 0 aromatic carbocycles. The highest BCUT2D eigenvalue weighted by atomic mass is 16.6. The minimum absolute atomic E-state index is 0.128. The molecule has 1 aromatic heterocycles. The second kappa shape index (κ2) is 7.49. The number of nitrogens with two attached hydrogens (primary N) is 1. The van der Waals surface area contributed by atoms with Gasteiger partial charge in [-0.1, -0.05) is 18.2 Å². The Labute approximate surface area is 142 Å². The topological polar surface area (TPSA) is 77.7 Å². The average molecular weight is 331 g/mol. The van der Waals surface area contributed by atoms with Crippen molar-refractivity contribution < 1.29 is 14.3 Å². The zero-order valence-electron chi connectivity index (χ0n) is 14.7. The Morgan fingerprint density at radius 3 is 2.75 bits per heavy atom. The van der Waals surface area contributed by atoms with E-state index in [4.69, 9.17) is 15.3 Å². The van der Waals surface area contributed by atoms with Gasteiger partial charge in [0.15, 0.2) is 0 Å². The van der Waals surface area contributed by atoms with Gasteiger partial charge in [-0.25, -0.2) is 20.6 Å². The highest BCUT2D eigenvalue weighted by Gasteiger charge is 2.22. The predicted octanol–water partition coefficient (Wildman–Crippen LogP) is 3.74. The number of rotatable bonds is 4. The Bertz CT molecular complexity index is 647. The van der Waals surface area contributed by atoms with E-state index in [1.807, 2.05) is 6.92 Å². The molecule has 24 heavy (non-hydrogen) atoms. The van der Waals surface area contributed by atoms with Gasteiger partial charge >= 0.3 is 6.09 Å². The molecule has 1 amide bonds. The third-order valence-corrected chi connectivity index (χ3v) is 3.38. The van der Waals surface area contributed by atoms with E-state index in [1.165, 1.54) is 0 Å². The third-order valence-electron chi connectivity index (χ3n) is 3.38. The van der Waals surface area contributed by atoms with Crippen LogP contribution in [0.1, 0.15) is 40.5 Å².